The minimum Gasteiger partial charge on any atom is -0.375 e. The van der Waals surface area contributed by atoms with Crippen molar-refractivity contribution in [2.75, 3.05) is 0 Å². The molecule has 76 valence electrons. The first-order valence-electron chi connectivity index (χ1n) is 5.85. The van der Waals surface area contributed by atoms with Crippen molar-refractivity contribution in [3.8, 4) is 0 Å². The molecule has 0 bridgehead atoms. The molecular formula is C12H22O. The van der Waals surface area contributed by atoms with Gasteiger partial charge in [0.15, 0.2) is 0 Å². The van der Waals surface area contributed by atoms with E-state index in [9.17, 15) is 0 Å². The van der Waals surface area contributed by atoms with Gasteiger partial charge in [0.25, 0.3) is 0 Å². The third kappa shape index (κ3) is 1.63. The molecule has 4 atom stereocenters. The predicted octanol–water partition coefficient (Wildman–Crippen LogP) is 3.24. The van der Waals surface area contributed by atoms with Crippen LogP contribution in [0.4, 0.5) is 0 Å². The summed E-state index contributed by atoms with van der Waals surface area (Å²) in [5.74, 6) is 2.59. The summed E-state index contributed by atoms with van der Waals surface area (Å²) in [6.07, 6.45) is 6.81. The molecule has 0 spiro atoms. The first-order valence-corrected chi connectivity index (χ1v) is 5.85. The fourth-order valence-corrected chi connectivity index (χ4v) is 3.45. The lowest BCUT2D eigenvalue weighted by Crippen LogP contribution is -2.24. The standard InChI is InChI=1S/C12H22O/c1-8-9(2)13-10(3)12(8)11-6-4-5-7-11/h8-12H,4-7H2,1-3H3. The van der Waals surface area contributed by atoms with E-state index >= 15 is 0 Å². The summed E-state index contributed by atoms with van der Waals surface area (Å²) in [6.45, 7) is 6.87. The second-order valence-corrected chi connectivity index (χ2v) is 5.03. The summed E-state index contributed by atoms with van der Waals surface area (Å²) in [5.41, 5.74) is 0. The third-order valence-electron chi connectivity index (χ3n) is 4.26. The third-order valence-corrected chi connectivity index (χ3v) is 4.26. The van der Waals surface area contributed by atoms with E-state index in [1.807, 2.05) is 0 Å². The number of hydrogen-bond acceptors (Lipinski definition) is 1. The van der Waals surface area contributed by atoms with Gasteiger partial charge in [-0.05, 0) is 31.6 Å². The maximum Gasteiger partial charge on any atom is 0.0585 e. The lowest BCUT2D eigenvalue weighted by atomic mass is 9.78. The molecule has 2 rings (SSSR count). The van der Waals surface area contributed by atoms with Crippen LogP contribution in [0.3, 0.4) is 0 Å². The zero-order chi connectivity index (χ0) is 9.42. The molecule has 1 heteroatoms. The highest BCUT2D eigenvalue weighted by atomic mass is 16.5. The quantitative estimate of drug-likeness (QED) is 0.605. The normalized spacial score (nSPS) is 47.3. The molecule has 0 amide bonds. The Morgan fingerprint density at radius 3 is 2.00 bits per heavy atom. The Morgan fingerprint density at radius 1 is 0.923 bits per heavy atom. The average Bonchev–Trinajstić information content (AvgIpc) is 2.63. The van der Waals surface area contributed by atoms with Crippen molar-refractivity contribution in [3.63, 3.8) is 0 Å². The molecule has 1 heterocycles. The van der Waals surface area contributed by atoms with E-state index in [0.717, 1.165) is 17.8 Å². The van der Waals surface area contributed by atoms with E-state index in [0.29, 0.717) is 12.2 Å². The molecule has 0 aromatic heterocycles. The lowest BCUT2D eigenvalue weighted by Gasteiger charge is -2.24. The molecule has 2 aliphatic rings. The molecule has 0 radical (unpaired) electrons. The summed E-state index contributed by atoms with van der Waals surface area (Å²) < 4.78 is 5.90. The van der Waals surface area contributed by atoms with Crippen molar-refractivity contribution in [1.29, 1.82) is 0 Å². The van der Waals surface area contributed by atoms with Crippen molar-refractivity contribution in [2.45, 2.75) is 58.7 Å². The Balaban J connectivity index is 2.04. The van der Waals surface area contributed by atoms with Crippen molar-refractivity contribution in [3.05, 3.63) is 0 Å². The highest BCUT2D eigenvalue weighted by Crippen LogP contribution is 2.43. The highest BCUT2D eigenvalue weighted by Gasteiger charge is 2.41. The van der Waals surface area contributed by atoms with E-state index < -0.39 is 0 Å². The van der Waals surface area contributed by atoms with Gasteiger partial charge in [0.1, 0.15) is 0 Å². The molecule has 0 aromatic rings. The van der Waals surface area contributed by atoms with E-state index in [4.69, 9.17) is 4.74 Å². The Kier molecular flexibility index (Phi) is 2.64. The molecule has 1 aliphatic carbocycles. The first kappa shape index (κ1) is 9.51. The van der Waals surface area contributed by atoms with Gasteiger partial charge in [0, 0.05) is 0 Å². The van der Waals surface area contributed by atoms with Crippen LogP contribution >= 0.6 is 0 Å². The molecule has 1 aliphatic heterocycles. The summed E-state index contributed by atoms with van der Waals surface area (Å²) in [4.78, 5) is 0. The van der Waals surface area contributed by atoms with Gasteiger partial charge in [-0.15, -0.1) is 0 Å². The van der Waals surface area contributed by atoms with Crippen LogP contribution in [0.1, 0.15) is 46.5 Å². The minimum absolute atomic E-state index is 0.487. The Labute approximate surface area is 81.9 Å². The van der Waals surface area contributed by atoms with E-state index in [2.05, 4.69) is 20.8 Å². The largest absolute Gasteiger partial charge is 0.375 e. The van der Waals surface area contributed by atoms with E-state index in [-0.39, 0.29) is 0 Å². The van der Waals surface area contributed by atoms with E-state index in [1.54, 1.807) is 0 Å². The lowest BCUT2D eigenvalue weighted by molar-refractivity contribution is 0.0455. The van der Waals surface area contributed by atoms with Crippen molar-refractivity contribution in [2.24, 2.45) is 17.8 Å². The second-order valence-electron chi connectivity index (χ2n) is 5.03. The topological polar surface area (TPSA) is 9.23 Å². The molecule has 1 saturated carbocycles. The number of hydrogen-bond donors (Lipinski definition) is 0. The monoisotopic (exact) mass is 182 g/mol. The van der Waals surface area contributed by atoms with Crippen molar-refractivity contribution >= 4 is 0 Å². The van der Waals surface area contributed by atoms with E-state index in [1.165, 1.54) is 25.7 Å². The van der Waals surface area contributed by atoms with Crippen LogP contribution in [-0.4, -0.2) is 12.2 Å². The van der Waals surface area contributed by atoms with Gasteiger partial charge < -0.3 is 4.74 Å². The van der Waals surface area contributed by atoms with Crippen LogP contribution < -0.4 is 0 Å². The zero-order valence-corrected chi connectivity index (χ0v) is 9.12. The van der Waals surface area contributed by atoms with Crippen molar-refractivity contribution < 1.29 is 4.74 Å². The fourth-order valence-electron chi connectivity index (χ4n) is 3.45. The summed E-state index contributed by atoms with van der Waals surface area (Å²) in [5, 5.41) is 0. The summed E-state index contributed by atoms with van der Waals surface area (Å²) in [7, 11) is 0. The van der Waals surface area contributed by atoms with Gasteiger partial charge in [-0.25, -0.2) is 0 Å². The molecule has 0 N–H and O–H groups in total. The Bertz CT molecular complexity index is 172. The SMILES string of the molecule is CC1OC(C)C(C2CCCC2)C1C. The zero-order valence-electron chi connectivity index (χ0n) is 9.12. The van der Waals surface area contributed by atoms with Gasteiger partial charge in [0.05, 0.1) is 12.2 Å². The van der Waals surface area contributed by atoms with Crippen molar-refractivity contribution in [1.82, 2.24) is 0 Å². The van der Waals surface area contributed by atoms with Crippen LogP contribution in [0.15, 0.2) is 0 Å². The van der Waals surface area contributed by atoms with Gasteiger partial charge in [-0.2, -0.15) is 0 Å². The molecule has 0 aromatic carbocycles. The second kappa shape index (κ2) is 3.61. The van der Waals surface area contributed by atoms with Crippen LogP contribution in [0.2, 0.25) is 0 Å². The Morgan fingerprint density at radius 2 is 1.54 bits per heavy atom. The Hall–Kier alpha value is -0.0400. The maximum absolute atomic E-state index is 5.90. The van der Waals surface area contributed by atoms with Crippen LogP contribution in [-0.2, 0) is 4.74 Å². The average molecular weight is 182 g/mol. The summed E-state index contributed by atoms with van der Waals surface area (Å²) in [6, 6.07) is 0. The van der Waals surface area contributed by atoms with Gasteiger partial charge >= 0.3 is 0 Å². The highest BCUT2D eigenvalue weighted by molar-refractivity contribution is 4.89. The molecule has 13 heavy (non-hydrogen) atoms. The fraction of sp³-hybridized carbons (Fsp3) is 1.00. The van der Waals surface area contributed by atoms with Crippen LogP contribution in [0.25, 0.3) is 0 Å². The smallest absolute Gasteiger partial charge is 0.0585 e. The molecule has 1 saturated heterocycles. The first-order chi connectivity index (χ1) is 6.20. The predicted molar refractivity (Wildman–Crippen MR) is 54.6 cm³/mol. The van der Waals surface area contributed by atoms with Gasteiger partial charge in [-0.1, -0.05) is 32.6 Å². The van der Waals surface area contributed by atoms with Gasteiger partial charge in [0.2, 0.25) is 0 Å². The molecule has 4 unspecified atom stereocenters. The number of ether oxygens (including phenoxy) is 1. The van der Waals surface area contributed by atoms with Gasteiger partial charge in [-0.3, -0.25) is 0 Å². The number of rotatable bonds is 1. The molecule has 2 fully saturated rings. The summed E-state index contributed by atoms with van der Waals surface area (Å²) >= 11 is 0. The van der Waals surface area contributed by atoms with Crippen LogP contribution in [0.5, 0.6) is 0 Å². The minimum atomic E-state index is 0.487. The molecular weight excluding hydrogens is 160 g/mol. The maximum atomic E-state index is 5.90. The van der Waals surface area contributed by atoms with Crippen LogP contribution in [0, 0.1) is 17.8 Å². The molecule has 1 nitrogen and oxygen atoms in total.